The standard InChI is InChI=1S/C8H5ClF2N2/c1-4-5(9)2-6(8(10)11)13-7(4)3-12/h2,8H,1H3. The van der Waals surface area contributed by atoms with E-state index in [1.54, 1.807) is 13.0 Å². The van der Waals surface area contributed by atoms with E-state index in [0.29, 0.717) is 5.56 Å². The van der Waals surface area contributed by atoms with E-state index in [0.717, 1.165) is 6.07 Å². The Labute approximate surface area is 78.8 Å². The topological polar surface area (TPSA) is 36.7 Å². The van der Waals surface area contributed by atoms with Gasteiger partial charge in [0.25, 0.3) is 6.43 Å². The number of hydrogen-bond acceptors (Lipinski definition) is 2. The van der Waals surface area contributed by atoms with Gasteiger partial charge in [-0.05, 0) is 13.0 Å². The van der Waals surface area contributed by atoms with E-state index in [2.05, 4.69) is 4.98 Å². The van der Waals surface area contributed by atoms with Crippen LogP contribution in [0.3, 0.4) is 0 Å². The fraction of sp³-hybridized carbons (Fsp3) is 0.250. The van der Waals surface area contributed by atoms with E-state index in [9.17, 15) is 8.78 Å². The Bertz CT molecular complexity index is 371. The minimum atomic E-state index is -2.70. The number of hydrogen-bond donors (Lipinski definition) is 0. The Kier molecular flexibility index (Phi) is 2.79. The predicted molar refractivity (Wildman–Crippen MR) is 43.7 cm³/mol. The fourth-order valence-electron chi connectivity index (χ4n) is 0.817. The van der Waals surface area contributed by atoms with E-state index >= 15 is 0 Å². The zero-order valence-corrected chi connectivity index (χ0v) is 7.44. The van der Waals surface area contributed by atoms with Crippen molar-refractivity contribution in [1.82, 2.24) is 4.98 Å². The quantitative estimate of drug-likeness (QED) is 0.702. The van der Waals surface area contributed by atoms with Gasteiger partial charge in [0.1, 0.15) is 17.5 Å². The lowest BCUT2D eigenvalue weighted by atomic mass is 10.2. The number of pyridine rings is 1. The maximum Gasteiger partial charge on any atom is 0.280 e. The third-order valence-electron chi connectivity index (χ3n) is 1.56. The molecule has 1 aromatic heterocycles. The molecule has 0 aliphatic carbocycles. The summed E-state index contributed by atoms with van der Waals surface area (Å²) in [6, 6.07) is 2.77. The van der Waals surface area contributed by atoms with Gasteiger partial charge in [0, 0.05) is 10.6 Å². The van der Waals surface area contributed by atoms with Gasteiger partial charge in [-0.25, -0.2) is 13.8 Å². The first-order chi connectivity index (χ1) is 6.06. The van der Waals surface area contributed by atoms with Gasteiger partial charge >= 0.3 is 0 Å². The van der Waals surface area contributed by atoms with E-state index < -0.39 is 12.1 Å². The zero-order valence-electron chi connectivity index (χ0n) is 6.68. The molecule has 1 rings (SSSR count). The van der Waals surface area contributed by atoms with Crippen LogP contribution in [0.2, 0.25) is 5.02 Å². The highest BCUT2D eigenvalue weighted by Crippen LogP contribution is 2.24. The van der Waals surface area contributed by atoms with Crippen LogP contribution in [0.15, 0.2) is 6.07 Å². The van der Waals surface area contributed by atoms with Crippen molar-refractivity contribution in [3.63, 3.8) is 0 Å². The summed E-state index contributed by atoms with van der Waals surface area (Å²) in [4.78, 5) is 3.46. The molecule has 2 nitrogen and oxygen atoms in total. The van der Waals surface area contributed by atoms with Crippen LogP contribution in [-0.4, -0.2) is 4.98 Å². The number of alkyl halides is 2. The molecule has 1 aromatic rings. The average Bonchev–Trinajstić information content (AvgIpc) is 2.09. The van der Waals surface area contributed by atoms with Gasteiger partial charge in [-0.1, -0.05) is 11.6 Å². The van der Waals surface area contributed by atoms with Crippen molar-refractivity contribution < 1.29 is 8.78 Å². The second-order valence-corrected chi connectivity index (χ2v) is 2.82. The van der Waals surface area contributed by atoms with Crippen LogP contribution in [0.1, 0.15) is 23.4 Å². The molecule has 1 heterocycles. The molecule has 0 fully saturated rings. The van der Waals surface area contributed by atoms with Crippen molar-refractivity contribution in [2.45, 2.75) is 13.3 Å². The lowest BCUT2D eigenvalue weighted by Gasteiger charge is -2.03. The number of aromatic nitrogens is 1. The Morgan fingerprint density at radius 3 is 2.69 bits per heavy atom. The van der Waals surface area contributed by atoms with Gasteiger partial charge in [0.15, 0.2) is 0 Å². The SMILES string of the molecule is Cc1c(Cl)cc(C(F)F)nc1C#N. The summed E-state index contributed by atoms with van der Waals surface area (Å²) in [5.74, 6) is 0. The minimum Gasteiger partial charge on any atom is -0.236 e. The van der Waals surface area contributed by atoms with Crippen molar-refractivity contribution in [1.29, 1.82) is 5.26 Å². The van der Waals surface area contributed by atoms with Crippen molar-refractivity contribution in [3.05, 3.63) is 28.0 Å². The molecule has 0 atom stereocenters. The van der Waals surface area contributed by atoms with Gasteiger partial charge in [0.2, 0.25) is 0 Å². The van der Waals surface area contributed by atoms with Crippen molar-refractivity contribution >= 4 is 11.6 Å². The molecule has 68 valence electrons. The smallest absolute Gasteiger partial charge is 0.236 e. The molecule has 0 spiro atoms. The van der Waals surface area contributed by atoms with Gasteiger partial charge in [0.05, 0.1) is 0 Å². The molecule has 0 N–H and O–H groups in total. The maximum atomic E-state index is 12.2. The number of halogens is 3. The molecule has 0 radical (unpaired) electrons. The second-order valence-electron chi connectivity index (χ2n) is 2.42. The van der Waals surface area contributed by atoms with Crippen LogP contribution in [0.4, 0.5) is 8.78 Å². The Morgan fingerprint density at radius 2 is 2.23 bits per heavy atom. The highest BCUT2D eigenvalue weighted by Gasteiger charge is 2.13. The molecular weight excluding hydrogens is 198 g/mol. The maximum absolute atomic E-state index is 12.2. The zero-order chi connectivity index (χ0) is 10.0. The molecule has 5 heteroatoms. The predicted octanol–water partition coefficient (Wildman–Crippen LogP) is 2.85. The van der Waals surface area contributed by atoms with E-state index in [1.165, 1.54) is 0 Å². The molecule has 0 bridgehead atoms. The molecule has 0 saturated carbocycles. The summed E-state index contributed by atoms with van der Waals surface area (Å²) in [5, 5.41) is 8.67. The van der Waals surface area contributed by atoms with Gasteiger partial charge < -0.3 is 0 Å². The minimum absolute atomic E-state index is 0.0530. The molecular formula is C8H5ClF2N2. The van der Waals surface area contributed by atoms with Gasteiger partial charge in [-0.15, -0.1) is 0 Å². The lowest BCUT2D eigenvalue weighted by molar-refractivity contribution is 0.146. The normalized spacial score (nSPS) is 10.2. The van der Waals surface area contributed by atoms with Crippen LogP contribution < -0.4 is 0 Å². The summed E-state index contributed by atoms with van der Waals surface area (Å²) >= 11 is 5.62. The first kappa shape index (κ1) is 9.87. The third kappa shape index (κ3) is 1.93. The first-order valence-electron chi connectivity index (χ1n) is 3.41. The lowest BCUT2D eigenvalue weighted by Crippen LogP contribution is -1.96. The second kappa shape index (κ2) is 3.67. The average molecular weight is 203 g/mol. The molecule has 0 saturated heterocycles. The Hall–Kier alpha value is -1.21. The van der Waals surface area contributed by atoms with E-state index in [4.69, 9.17) is 16.9 Å². The van der Waals surface area contributed by atoms with E-state index in [1.807, 2.05) is 0 Å². The molecule has 13 heavy (non-hydrogen) atoms. The molecule has 0 amide bonds. The highest BCUT2D eigenvalue weighted by atomic mass is 35.5. The van der Waals surface area contributed by atoms with Crippen LogP contribution in [-0.2, 0) is 0 Å². The Morgan fingerprint density at radius 1 is 1.62 bits per heavy atom. The monoisotopic (exact) mass is 202 g/mol. The van der Waals surface area contributed by atoms with E-state index in [-0.39, 0.29) is 10.7 Å². The molecule has 0 aliphatic rings. The summed E-state index contributed by atoms with van der Waals surface area (Å²) in [5.41, 5.74) is -0.0940. The molecule has 0 aromatic carbocycles. The van der Waals surface area contributed by atoms with Gasteiger partial charge in [-0.3, -0.25) is 0 Å². The highest BCUT2D eigenvalue weighted by molar-refractivity contribution is 6.31. The summed E-state index contributed by atoms with van der Waals surface area (Å²) in [7, 11) is 0. The van der Waals surface area contributed by atoms with Crippen LogP contribution in [0.5, 0.6) is 0 Å². The van der Waals surface area contributed by atoms with Crippen LogP contribution in [0, 0.1) is 18.3 Å². The summed E-state index contributed by atoms with van der Waals surface area (Å²) < 4.78 is 24.3. The number of nitriles is 1. The molecule has 0 aliphatic heterocycles. The summed E-state index contributed by atoms with van der Waals surface area (Å²) in [6.45, 7) is 1.56. The first-order valence-corrected chi connectivity index (χ1v) is 3.79. The number of rotatable bonds is 1. The molecule has 0 unspecified atom stereocenters. The largest absolute Gasteiger partial charge is 0.280 e. The third-order valence-corrected chi connectivity index (χ3v) is 1.95. The fourth-order valence-corrected chi connectivity index (χ4v) is 1.02. The van der Waals surface area contributed by atoms with Crippen LogP contribution in [0.25, 0.3) is 0 Å². The Balaban J connectivity index is 3.32. The van der Waals surface area contributed by atoms with Crippen molar-refractivity contribution in [3.8, 4) is 6.07 Å². The summed E-state index contributed by atoms with van der Waals surface area (Å²) in [6.07, 6.45) is -2.70. The van der Waals surface area contributed by atoms with Crippen LogP contribution >= 0.6 is 11.6 Å². The van der Waals surface area contributed by atoms with Crippen molar-refractivity contribution in [2.75, 3.05) is 0 Å². The van der Waals surface area contributed by atoms with Gasteiger partial charge in [-0.2, -0.15) is 5.26 Å². The number of nitrogens with zero attached hydrogens (tertiary/aromatic N) is 2. The van der Waals surface area contributed by atoms with Crippen molar-refractivity contribution in [2.24, 2.45) is 0 Å².